The Balaban J connectivity index is 1.36. The quantitative estimate of drug-likeness (QED) is 0.305. The molecule has 6 nitrogen and oxygen atoms in total. The van der Waals surface area contributed by atoms with Crippen LogP contribution in [0.4, 0.5) is 10.8 Å². The highest BCUT2D eigenvalue weighted by molar-refractivity contribution is 7.14. The maximum atomic E-state index is 12.2. The van der Waals surface area contributed by atoms with Crippen LogP contribution in [0.5, 0.6) is 11.5 Å². The molecule has 0 aliphatic heterocycles. The predicted molar refractivity (Wildman–Crippen MR) is 122 cm³/mol. The molecule has 0 saturated heterocycles. The van der Waals surface area contributed by atoms with E-state index in [0.29, 0.717) is 11.5 Å². The Labute approximate surface area is 184 Å². The number of hydrogen-bond acceptors (Lipinski definition) is 7. The molecule has 0 amide bonds. The Hall–Kier alpha value is -3.71. The Kier molecular flexibility index (Phi) is 6.24. The number of hydrogen-bond donors (Lipinski definition) is 1. The lowest BCUT2D eigenvalue weighted by atomic mass is 10.1. The molecule has 156 valence electrons. The number of aromatic nitrogens is 2. The van der Waals surface area contributed by atoms with Crippen molar-refractivity contribution < 1.29 is 14.3 Å². The van der Waals surface area contributed by atoms with Gasteiger partial charge < -0.3 is 14.8 Å². The minimum absolute atomic E-state index is 0.165. The molecule has 2 aromatic heterocycles. The summed E-state index contributed by atoms with van der Waals surface area (Å²) in [5.41, 5.74) is 4.43. The highest BCUT2D eigenvalue weighted by Crippen LogP contribution is 2.27. The van der Waals surface area contributed by atoms with Gasteiger partial charge in [0.05, 0.1) is 5.69 Å². The zero-order valence-electron chi connectivity index (χ0n) is 17.2. The second kappa shape index (κ2) is 9.40. The summed E-state index contributed by atoms with van der Waals surface area (Å²) < 4.78 is 11.0. The van der Waals surface area contributed by atoms with E-state index in [-0.39, 0.29) is 6.61 Å². The molecule has 2 aromatic carbocycles. The molecule has 0 aliphatic carbocycles. The molecule has 0 atom stereocenters. The van der Waals surface area contributed by atoms with E-state index in [9.17, 15) is 4.79 Å². The third-order valence-electron chi connectivity index (χ3n) is 4.44. The van der Waals surface area contributed by atoms with E-state index in [1.54, 1.807) is 18.3 Å². The number of anilines is 2. The lowest BCUT2D eigenvalue weighted by molar-refractivity contribution is -0.136. The summed E-state index contributed by atoms with van der Waals surface area (Å²) in [4.78, 5) is 21.1. The van der Waals surface area contributed by atoms with Crippen molar-refractivity contribution in [3.63, 3.8) is 0 Å². The van der Waals surface area contributed by atoms with E-state index in [2.05, 4.69) is 15.3 Å². The molecular weight excluding hydrogens is 410 g/mol. The molecule has 0 saturated carbocycles. The SMILES string of the molecule is Cc1ccc(C)c(OCC(=O)Oc2cccc(Nc3nc(-c4ccccn4)cs3)c2)c1. The lowest BCUT2D eigenvalue weighted by Crippen LogP contribution is -2.18. The van der Waals surface area contributed by atoms with Gasteiger partial charge in [-0.3, -0.25) is 4.98 Å². The van der Waals surface area contributed by atoms with E-state index in [1.165, 1.54) is 11.3 Å². The minimum atomic E-state index is -0.468. The van der Waals surface area contributed by atoms with Gasteiger partial charge in [-0.15, -0.1) is 11.3 Å². The minimum Gasteiger partial charge on any atom is -0.482 e. The van der Waals surface area contributed by atoms with Crippen molar-refractivity contribution in [2.45, 2.75) is 13.8 Å². The second-order valence-electron chi connectivity index (χ2n) is 6.94. The Morgan fingerprint density at radius 2 is 1.94 bits per heavy atom. The lowest BCUT2D eigenvalue weighted by Gasteiger charge is -2.10. The highest BCUT2D eigenvalue weighted by Gasteiger charge is 2.10. The van der Waals surface area contributed by atoms with Gasteiger partial charge in [-0.05, 0) is 55.3 Å². The normalized spacial score (nSPS) is 10.5. The fourth-order valence-corrected chi connectivity index (χ4v) is 3.61. The average molecular weight is 432 g/mol. The summed E-state index contributed by atoms with van der Waals surface area (Å²) in [5.74, 6) is 0.644. The van der Waals surface area contributed by atoms with Gasteiger partial charge in [0.15, 0.2) is 11.7 Å². The van der Waals surface area contributed by atoms with E-state index >= 15 is 0 Å². The largest absolute Gasteiger partial charge is 0.482 e. The summed E-state index contributed by atoms with van der Waals surface area (Å²) in [6, 6.07) is 18.7. The van der Waals surface area contributed by atoms with E-state index < -0.39 is 5.97 Å². The number of nitrogens with zero attached hydrogens (tertiary/aromatic N) is 2. The van der Waals surface area contributed by atoms with Crippen molar-refractivity contribution in [2.75, 3.05) is 11.9 Å². The van der Waals surface area contributed by atoms with Crippen LogP contribution in [0.25, 0.3) is 11.4 Å². The number of thiazole rings is 1. The van der Waals surface area contributed by atoms with Crippen LogP contribution in [0.1, 0.15) is 11.1 Å². The van der Waals surface area contributed by atoms with Gasteiger partial charge in [-0.25, -0.2) is 9.78 Å². The first kappa shape index (κ1) is 20.6. The van der Waals surface area contributed by atoms with Crippen LogP contribution in [0.15, 0.2) is 72.2 Å². The van der Waals surface area contributed by atoms with Crippen LogP contribution in [-0.4, -0.2) is 22.5 Å². The first-order chi connectivity index (χ1) is 15.1. The van der Waals surface area contributed by atoms with E-state index in [4.69, 9.17) is 9.47 Å². The average Bonchev–Trinajstić information content (AvgIpc) is 3.24. The van der Waals surface area contributed by atoms with Crippen LogP contribution in [0, 0.1) is 13.8 Å². The van der Waals surface area contributed by atoms with Crippen molar-refractivity contribution in [3.8, 4) is 22.9 Å². The van der Waals surface area contributed by atoms with Crippen LogP contribution in [-0.2, 0) is 4.79 Å². The molecule has 1 N–H and O–H groups in total. The standard InChI is InChI=1S/C24H21N3O3S/c1-16-9-10-17(2)22(12-16)29-14-23(28)30-19-7-5-6-18(13-19)26-24-27-21(15-31-24)20-8-3-4-11-25-20/h3-13,15H,14H2,1-2H3,(H,26,27). The molecule has 31 heavy (non-hydrogen) atoms. The van der Waals surface area contributed by atoms with Crippen LogP contribution >= 0.6 is 11.3 Å². The smallest absolute Gasteiger partial charge is 0.349 e. The molecule has 7 heteroatoms. The van der Waals surface area contributed by atoms with Crippen molar-refractivity contribution in [1.82, 2.24) is 9.97 Å². The second-order valence-corrected chi connectivity index (χ2v) is 7.80. The zero-order chi connectivity index (χ0) is 21.6. The number of ether oxygens (including phenoxy) is 2. The highest BCUT2D eigenvalue weighted by atomic mass is 32.1. The van der Waals surface area contributed by atoms with Crippen LogP contribution < -0.4 is 14.8 Å². The summed E-state index contributed by atoms with van der Waals surface area (Å²) in [5, 5.41) is 5.90. The third-order valence-corrected chi connectivity index (χ3v) is 5.20. The summed E-state index contributed by atoms with van der Waals surface area (Å²) in [6.07, 6.45) is 1.74. The maximum absolute atomic E-state index is 12.2. The number of nitrogens with one attached hydrogen (secondary N) is 1. The van der Waals surface area contributed by atoms with Crippen molar-refractivity contribution in [2.24, 2.45) is 0 Å². The van der Waals surface area contributed by atoms with Crippen molar-refractivity contribution in [3.05, 3.63) is 83.4 Å². The molecule has 0 bridgehead atoms. The number of benzene rings is 2. The van der Waals surface area contributed by atoms with Gasteiger partial charge in [0.2, 0.25) is 0 Å². The topological polar surface area (TPSA) is 73.3 Å². The number of carbonyl (C=O) groups excluding carboxylic acids is 1. The monoisotopic (exact) mass is 431 g/mol. The molecule has 0 radical (unpaired) electrons. The molecule has 0 unspecified atom stereocenters. The van der Waals surface area contributed by atoms with Gasteiger partial charge in [0.1, 0.15) is 17.2 Å². The molecule has 0 spiro atoms. The van der Waals surface area contributed by atoms with Gasteiger partial charge in [0, 0.05) is 23.3 Å². The molecule has 0 fully saturated rings. The number of aryl methyl sites for hydroxylation is 2. The fourth-order valence-electron chi connectivity index (χ4n) is 2.88. The number of rotatable bonds is 7. The third kappa shape index (κ3) is 5.46. The molecule has 2 heterocycles. The maximum Gasteiger partial charge on any atom is 0.349 e. The van der Waals surface area contributed by atoms with Crippen LogP contribution in [0.2, 0.25) is 0 Å². The van der Waals surface area contributed by atoms with Gasteiger partial charge in [-0.2, -0.15) is 0 Å². The number of esters is 1. The van der Waals surface area contributed by atoms with Crippen molar-refractivity contribution in [1.29, 1.82) is 0 Å². The predicted octanol–water partition coefficient (Wildman–Crippen LogP) is 5.55. The van der Waals surface area contributed by atoms with E-state index in [1.807, 2.05) is 67.8 Å². The Bertz CT molecular complexity index is 1190. The molecular formula is C24H21N3O3S. The first-order valence-electron chi connectivity index (χ1n) is 9.71. The van der Waals surface area contributed by atoms with Gasteiger partial charge in [0.25, 0.3) is 0 Å². The first-order valence-corrected chi connectivity index (χ1v) is 10.6. The van der Waals surface area contributed by atoms with Gasteiger partial charge >= 0.3 is 5.97 Å². The zero-order valence-corrected chi connectivity index (χ0v) is 18.0. The molecule has 4 rings (SSSR count). The van der Waals surface area contributed by atoms with Gasteiger partial charge in [-0.1, -0.05) is 24.3 Å². The van der Waals surface area contributed by atoms with Crippen LogP contribution in [0.3, 0.4) is 0 Å². The van der Waals surface area contributed by atoms with E-state index in [0.717, 1.165) is 33.3 Å². The Morgan fingerprint density at radius 3 is 2.77 bits per heavy atom. The number of pyridine rings is 1. The molecule has 0 aliphatic rings. The Morgan fingerprint density at radius 1 is 1.03 bits per heavy atom. The summed E-state index contributed by atoms with van der Waals surface area (Å²) >= 11 is 1.48. The summed E-state index contributed by atoms with van der Waals surface area (Å²) in [6.45, 7) is 3.75. The number of carbonyl (C=O) groups is 1. The van der Waals surface area contributed by atoms with Crippen molar-refractivity contribution >= 4 is 28.1 Å². The molecule has 4 aromatic rings. The fraction of sp³-hybridized carbons (Fsp3) is 0.125. The summed E-state index contributed by atoms with van der Waals surface area (Å²) in [7, 11) is 0.